The molecule has 2 aromatic rings. The summed E-state index contributed by atoms with van der Waals surface area (Å²) in [6.45, 7) is 2.61. The molecule has 0 atom stereocenters. The van der Waals surface area contributed by atoms with Gasteiger partial charge in [-0.3, -0.25) is 9.36 Å². The van der Waals surface area contributed by atoms with Crippen LogP contribution in [0.5, 0.6) is 0 Å². The highest BCUT2D eigenvalue weighted by Gasteiger charge is 2.04. The third-order valence-electron chi connectivity index (χ3n) is 3.11. The third-order valence-corrected chi connectivity index (χ3v) is 4.36. The van der Waals surface area contributed by atoms with Crippen LogP contribution in [0.3, 0.4) is 0 Å². The fourth-order valence-electron chi connectivity index (χ4n) is 1.96. The summed E-state index contributed by atoms with van der Waals surface area (Å²) >= 11 is 2.07. The van der Waals surface area contributed by atoms with Crippen molar-refractivity contribution in [3.63, 3.8) is 0 Å². The maximum atomic E-state index is 12.0. The minimum atomic E-state index is 0.0767. The first-order valence-electron chi connectivity index (χ1n) is 6.44. The number of hydrogen-bond donors (Lipinski definition) is 0. The SMILES string of the molecule is Cc1ncn(CCCCc2ccccc2)c(=O)c1I. The molecule has 0 bridgehead atoms. The minimum absolute atomic E-state index is 0.0767. The summed E-state index contributed by atoms with van der Waals surface area (Å²) in [7, 11) is 0. The number of aromatic nitrogens is 2. The van der Waals surface area contributed by atoms with Crippen molar-refractivity contribution in [1.82, 2.24) is 9.55 Å². The van der Waals surface area contributed by atoms with E-state index in [9.17, 15) is 4.79 Å². The van der Waals surface area contributed by atoms with Gasteiger partial charge in [-0.2, -0.15) is 0 Å². The van der Waals surface area contributed by atoms with E-state index in [4.69, 9.17) is 0 Å². The Morgan fingerprint density at radius 3 is 2.68 bits per heavy atom. The molecule has 0 aliphatic rings. The predicted molar refractivity (Wildman–Crippen MR) is 85.3 cm³/mol. The molecule has 0 unspecified atom stereocenters. The fraction of sp³-hybridized carbons (Fsp3) is 0.333. The second-order valence-corrected chi connectivity index (χ2v) is 5.66. The maximum Gasteiger partial charge on any atom is 0.266 e. The normalized spacial score (nSPS) is 10.6. The largest absolute Gasteiger partial charge is 0.298 e. The van der Waals surface area contributed by atoms with Crippen molar-refractivity contribution in [3.05, 3.63) is 61.8 Å². The van der Waals surface area contributed by atoms with Crippen LogP contribution in [-0.2, 0) is 13.0 Å². The van der Waals surface area contributed by atoms with Gasteiger partial charge in [0, 0.05) is 6.54 Å². The summed E-state index contributed by atoms with van der Waals surface area (Å²) in [4.78, 5) is 16.2. The van der Waals surface area contributed by atoms with E-state index in [2.05, 4.69) is 51.8 Å². The monoisotopic (exact) mass is 368 g/mol. The van der Waals surface area contributed by atoms with E-state index in [1.165, 1.54) is 5.56 Å². The van der Waals surface area contributed by atoms with Gasteiger partial charge in [0.05, 0.1) is 15.6 Å². The lowest BCUT2D eigenvalue weighted by atomic mass is 10.1. The van der Waals surface area contributed by atoms with Crippen LogP contribution in [0, 0.1) is 10.5 Å². The van der Waals surface area contributed by atoms with Crippen molar-refractivity contribution in [2.24, 2.45) is 0 Å². The molecule has 3 nitrogen and oxygen atoms in total. The van der Waals surface area contributed by atoms with Crippen LogP contribution in [0.25, 0.3) is 0 Å². The van der Waals surface area contributed by atoms with Crippen LogP contribution >= 0.6 is 22.6 Å². The summed E-state index contributed by atoms with van der Waals surface area (Å²) in [6.07, 6.45) is 4.80. The third kappa shape index (κ3) is 3.89. The lowest BCUT2D eigenvalue weighted by molar-refractivity contribution is 0.581. The van der Waals surface area contributed by atoms with E-state index in [0.717, 1.165) is 35.1 Å². The maximum absolute atomic E-state index is 12.0. The first kappa shape index (κ1) is 14.2. The van der Waals surface area contributed by atoms with Gasteiger partial charge in [-0.15, -0.1) is 0 Å². The van der Waals surface area contributed by atoms with E-state index < -0.39 is 0 Å². The number of halogens is 1. The Morgan fingerprint density at radius 2 is 1.95 bits per heavy atom. The lowest BCUT2D eigenvalue weighted by Crippen LogP contribution is -2.24. The average Bonchev–Trinajstić information content (AvgIpc) is 2.44. The fourth-order valence-corrected chi connectivity index (χ4v) is 2.41. The van der Waals surface area contributed by atoms with Gasteiger partial charge in [0.25, 0.3) is 5.56 Å². The summed E-state index contributed by atoms with van der Waals surface area (Å²) in [5.74, 6) is 0. The number of aryl methyl sites for hydroxylation is 3. The van der Waals surface area contributed by atoms with E-state index in [-0.39, 0.29) is 5.56 Å². The number of hydrogen-bond acceptors (Lipinski definition) is 2. The molecule has 0 saturated heterocycles. The number of rotatable bonds is 5. The molecule has 100 valence electrons. The van der Waals surface area contributed by atoms with Crippen LogP contribution in [0.15, 0.2) is 41.5 Å². The first-order chi connectivity index (χ1) is 9.18. The molecular weight excluding hydrogens is 351 g/mol. The highest BCUT2D eigenvalue weighted by atomic mass is 127. The molecule has 0 radical (unpaired) electrons. The lowest BCUT2D eigenvalue weighted by Gasteiger charge is -2.07. The average molecular weight is 368 g/mol. The summed E-state index contributed by atoms with van der Waals surface area (Å²) in [6, 6.07) is 10.4. The first-order valence-corrected chi connectivity index (χ1v) is 7.52. The summed E-state index contributed by atoms with van der Waals surface area (Å²) < 4.78 is 2.43. The van der Waals surface area contributed by atoms with Crippen LogP contribution in [0.1, 0.15) is 24.1 Å². The molecule has 0 fully saturated rings. The summed E-state index contributed by atoms with van der Waals surface area (Å²) in [5, 5.41) is 0. The van der Waals surface area contributed by atoms with Crippen molar-refractivity contribution >= 4 is 22.6 Å². The van der Waals surface area contributed by atoms with Crippen molar-refractivity contribution < 1.29 is 0 Å². The molecule has 0 aliphatic carbocycles. The van der Waals surface area contributed by atoms with E-state index in [1.54, 1.807) is 10.9 Å². The Kier molecular flexibility index (Phi) is 5.13. The van der Waals surface area contributed by atoms with E-state index >= 15 is 0 Å². The molecule has 0 aliphatic heterocycles. The van der Waals surface area contributed by atoms with Crippen LogP contribution in [0.4, 0.5) is 0 Å². The van der Waals surface area contributed by atoms with E-state index in [0.29, 0.717) is 0 Å². The Labute approximate surface area is 126 Å². The molecule has 1 aromatic heterocycles. The van der Waals surface area contributed by atoms with Crippen LogP contribution < -0.4 is 5.56 Å². The Bertz CT molecular complexity index is 593. The highest BCUT2D eigenvalue weighted by molar-refractivity contribution is 14.1. The number of benzene rings is 1. The van der Waals surface area contributed by atoms with E-state index in [1.807, 2.05) is 13.0 Å². The Hall–Kier alpha value is -1.17. The van der Waals surface area contributed by atoms with Crippen molar-refractivity contribution in [2.75, 3.05) is 0 Å². The highest BCUT2D eigenvalue weighted by Crippen LogP contribution is 2.06. The van der Waals surface area contributed by atoms with Gasteiger partial charge in [-0.05, 0) is 54.3 Å². The number of nitrogens with zero attached hydrogens (tertiary/aromatic N) is 2. The molecule has 19 heavy (non-hydrogen) atoms. The van der Waals surface area contributed by atoms with Gasteiger partial charge in [0.1, 0.15) is 0 Å². The van der Waals surface area contributed by atoms with Crippen molar-refractivity contribution in [1.29, 1.82) is 0 Å². The topological polar surface area (TPSA) is 34.9 Å². The van der Waals surface area contributed by atoms with Gasteiger partial charge in [-0.25, -0.2) is 4.98 Å². The van der Waals surface area contributed by atoms with Gasteiger partial charge in [0.2, 0.25) is 0 Å². The molecule has 0 N–H and O–H groups in total. The quantitative estimate of drug-likeness (QED) is 0.600. The molecule has 0 amide bonds. The Balaban J connectivity index is 1.87. The Morgan fingerprint density at radius 1 is 1.21 bits per heavy atom. The zero-order chi connectivity index (χ0) is 13.7. The van der Waals surface area contributed by atoms with Crippen molar-refractivity contribution in [3.8, 4) is 0 Å². The predicted octanol–water partition coefficient (Wildman–Crippen LogP) is 3.18. The van der Waals surface area contributed by atoms with Gasteiger partial charge in [-0.1, -0.05) is 30.3 Å². The number of unbranched alkanes of at least 4 members (excludes halogenated alkanes) is 1. The molecule has 4 heteroatoms. The van der Waals surface area contributed by atoms with Crippen molar-refractivity contribution in [2.45, 2.75) is 32.7 Å². The standard InChI is InChI=1S/C15H17IN2O/c1-12-14(16)15(19)18(11-17-12)10-6-5-9-13-7-3-2-4-8-13/h2-4,7-8,11H,5-6,9-10H2,1H3. The van der Waals surface area contributed by atoms with Gasteiger partial charge >= 0.3 is 0 Å². The molecule has 1 heterocycles. The van der Waals surface area contributed by atoms with Crippen LogP contribution in [0.2, 0.25) is 0 Å². The zero-order valence-electron chi connectivity index (χ0n) is 11.0. The zero-order valence-corrected chi connectivity index (χ0v) is 13.1. The van der Waals surface area contributed by atoms with Crippen LogP contribution in [-0.4, -0.2) is 9.55 Å². The second kappa shape index (κ2) is 6.84. The molecular formula is C15H17IN2O. The molecule has 1 aromatic carbocycles. The smallest absolute Gasteiger partial charge is 0.266 e. The second-order valence-electron chi connectivity index (χ2n) is 4.59. The molecule has 2 rings (SSSR count). The summed E-state index contributed by atoms with van der Waals surface area (Å²) in [5.41, 5.74) is 2.24. The molecule has 0 saturated carbocycles. The van der Waals surface area contributed by atoms with Gasteiger partial charge in [0.15, 0.2) is 0 Å². The molecule has 0 spiro atoms. The minimum Gasteiger partial charge on any atom is -0.298 e. The van der Waals surface area contributed by atoms with Gasteiger partial charge < -0.3 is 0 Å².